The van der Waals surface area contributed by atoms with Crippen LogP contribution in [0.2, 0.25) is 0 Å². The Morgan fingerprint density at radius 1 is 1.00 bits per heavy atom. The molecule has 2 rings (SSSR count). The van der Waals surface area contributed by atoms with E-state index in [9.17, 15) is 13.2 Å². The minimum absolute atomic E-state index is 0. The summed E-state index contributed by atoms with van der Waals surface area (Å²) >= 11 is 0. The van der Waals surface area contributed by atoms with E-state index in [2.05, 4.69) is 4.72 Å². The van der Waals surface area contributed by atoms with Gasteiger partial charge in [0.1, 0.15) is 15.8 Å². The van der Waals surface area contributed by atoms with Gasteiger partial charge in [-0.1, -0.05) is 17.7 Å². The summed E-state index contributed by atoms with van der Waals surface area (Å²) in [4.78, 5) is 11.9. The van der Waals surface area contributed by atoms with Gasteiger partial charge in [0.25, 0.3) is 0 Å². The van der Waals surface area contributed by atoms with E-state index >= 15 is 0 Å². The molecule has 110 valence electrons. The number of sulfonamides is 1. The first-order valence-electron chi connectivity index (χ1n) is 6.15. The van der Waals surface area contributed by atoms with Crippen LogP contribution in [-0.2, 0) is 10.0 Å². The topological polar surface area (TPSA) is 74.5 Å². The average Bonchev–Trinajstić information content (AvgIpc) is 2.47. The van der Waals surface area contributed by atoms with E-state index in [0.717, 1.165) is 5.56 Å². The largest absolute Gasteiger partial charge is 1.00 e. The molecule has 0 radical (unpaired) electrons. The normalized spacial score (nSPS) is 10.5. The number of carbonyl (C=O) groups excluding carboxylic acids is 1. The molecule has 7 heteroatoms. The predicted octanol–water partition coefficient (Wildman–Crippen LogP) is -0.0896. The van der Waals surface area contributed by atoms with Crippen molar-refractivity contribution in [2.45, 2.75) is 11.8 Å². The third kappa shape index (κ3) is 4.58. The summed E-state index contributed by atoms with van der Waals surface area (Å²) in [5.41, 5.74) is 1.11. The maximum Gasteiger partial charge on any atom is 1.00 e. The first-order valence-corrected chi connectivity index (χ1v) is 7.59. The van der Waals surface area contributed by atoms with Gasteiger partial charge in [-0.15, -0.1) is 0 Å². The number of carbonyl (C=O) groups is 1. The number of benzene rings is 2. The first-order chi connectivity index (χ1) is 9.92. The van der Waals surface area contributed by atoms with Crippen molar-refractivity contribution in [3.63, 3.8) is 0 Å². The van der Waals surface area contributed by atoms with Crippen molar-refractivity contribution in [3.05, 3.63) is 64.4 Å². The standard InChI is InChI=1S/C15H15NO4S.Na/c1-11-3-9-14(10-4-11)21(18,19)16-15(17)12-5-7-13(20-2)8-6-12;/h3-10H,1-2H3,(H,16,17);/q;+1/p-1. The number of aryl methyl sites for hydroxylation is 1. The van der Waals surface area contributed by atoms with Crippen molar-refractivity contribution in [3.8, 4) is 5.75 Å². The van der Waals surface area contributed by atoms with Crippen molar-refractivity contribution in [1.29, 1.82) is 0 Å². The second-order valence-electron chi connectivity index (χ2n) is 4.41. The number of methoxy groups -OCH3 is 1. The molecule has 0 aliphatic carbocycles. The maximum absolute atomic E-state index is 12.0. The van der Waals surface area contributed by atoms with Gasteiger partial charge in [0.15, 0.2) is 0 Å². The Labute approximate surface area is 152 Å². The fraction of sp³-hybridized carbons (Fsp3) is 0.133. The Hall–Kier alpha value is -1.34. The van der Waals surface area contributed by atoms with Gasteiger partial charge in [-0.05, 0) is 43.3 Å². The number of hydrogen-bond acceptors (Lipinski definition) is 4. The molecule has 0 aromatic heterocycles. The summed E-state index contributed by atoms with van der Waals surface area (Å²) in [6, 6.07) is 12.2. The van der Waals surface area contributed by atoms with Crippen molar-refractivity contribution >= 4 is 15.9 Å². The molecular weight excluding hydrogens is 313 g/mol. The Balaban J connectivity index is 0.00000242. The van der Waals surface area contributed by atoms with E-state index in [1.54, 1.807) is 24.3 Å². The first kappa shape index (κ1) is 18.7. The number of hydrogen-bond donors (Lipinski definition) is 0. The number of rotatable bonds is 4. The average molecular weight is 327 g/mol. The van der Waals surface area contributed by atoms with E-state index in [1.165, 1.54) is 31.4 Å². The Bertz CT molecular complexity index is 740. The van der Waals surface area contributed by atoms with Crippen LogP contribution in [0.25, 0.3) is 4.72 Å². The van der Waals surface area contributed by atoms with Crippen LogP contribution >= 0.6 is 0 Å². The minimum atomic E-state index is -4.00. The molecule has 0 heterocycles. The van der Waals surface area contributed by atoms with Gasteiger partial charge in [-0.3, -0.25) is 0 Å². The monoisotopic (exact) mass is 327 g/mol. The molecule has 22 heavy (non-hydrogen) atoms. The fourth-order valence-corrected chi connectivity index (χ4v) is 2.57. The molecule has 0 N–H and O–H groups in total. The SMILES string of the molecule is COc1ccc(C(=O)[N-]S(=O)(=O)c2ccc(C)cc2)cc1.[Na+]. The van der Waals surface area contributed by atoms with E-state index in [1.807, 2.05) is 6.92 Å². The van der Waals surface area contributed by atoms with Crippen LogP contribution in [0.15, 0.2) is 53.4 Å². The summed E-state index contributed by atoms with van der Waals surface area (Å²) in [7, 11) is -2.49. The van der Waals surface area contributed by atoms with Crippen molar-refractivity contribution in [2.75, 3.05) is 7.11 Å². The second kappa shape index (κ2) is 7.78. The van der Waals surface area contributed by atoms with E-state index in [-0.39, 0.29) is 40.0 Å². The van der Waals surface area contributed by atoms with Crippen molar-refractivity contribution < 1.29 is 47.5 Å². The van der Waals surface area contributed by atoms with Crippen LogP contribution in [0.5, 0.6) is 5.75 Å². The van der Waals surface area contributed by atoms with Crippen molar-refractivity contribution in [1.82, 2.24) is 0 Å². The Morgan fingerprint density at radius 2 is 1.55 bits per heavy atom. The third-order valence-corrected chi connectivity index (χ3v) is 4.13. The van der Waals surface area contributed by atoms with E-state index in [4.69, 9.17) is 4.74 Å². The molecule has 0 unspecified atom stereocenters. The van der Waals surface area contributed by atoms with Crippen LogP contribution in [-0.4, -0.2) is 21.4 Å². The fourth-order valence-electron chi connectivity index (χ4n) is 1.66. The van der Waals surface area contributed by atoms with E-state index in [0.29, 0.717) is 5.75 Å². The molecule has 0 aliphatic rings. The van der Waals surface area contributed by atoms with Crippen LogP contribution < -0.4 is 34.3 Å². The summed E-state index contributed by atoms with van der Waals surface area (Å²) in [5.74, 6) is -0.230. The van der Waals surface area contributed by atoms with Crippen LogP contribution in [0.4, 0.5) is 0 Å². The molecular formula is C15H14NNaO4S. The molecule has 0 fully saturated rings. The smallest absolute Gasteiger partial charge is 0.538 e. The zero-order chi connectivity index (χ0) is 15.5. The third-order valence-electron chi connectivity index (χ3n) is 2.86. The molecule has 0 bridgehead atoms. The van der Waals surface area contributed by atoms with Gasteiger partial charge in [-0.2, -0.15) is 0 Å². The molecule has 0 spiro atoms. The number of nitrogens with zero attached hydrogens (tertiary/aromatic N) is 1. The summed E-state index contributed by atoms with van der Waals surface area (Å²) in [6.45, 7) is 1.84. The second-order valence-corrected chi connectivity index (χ2v) is 6.02. The van der Waals surface area contributed by atoms with Crippen molar-refractivity contribution in [2.24, 2.45) is 0 Å². The maximum atomic E-state index is 12.0. The molecule has 1 amide bonds. The van der Waals surface area contributed by atoms with Crippen LogP contribution in [0.3, 0.4) is 0 Å². The zero-order valence-corrected chi connectivity index (χ0v) is 15.4. The molecule has 0 saturated carbocycles. The van der Waals surface area contributed by atoms with Gasteiger partial charge >= 0.3 is 29.6 Å². The molecule has 5 nitrogen and oxygen atoms in total. The number of amides is 1. The van der Waals surface area contributed by atoms with Gasteiger partial charge in [0.05, 0.1) is 17.9 Å². The van der Waals surface area contributed by atoms with Gasteiger partial charge in [0.2, 0.25) is 0 Å². The number of ether oxygens (including phenoxy) is 1. The van der Waals surface area contributed by atoms with Gasteiger partial charge in [0, 0.05) is 5.56 Å². The zero-order valence-electron chi connectivity index (χ0n) is 12.6. The molecule has 0 atom stereocenters. The molecule has 0 aliphatic heterocycles. The van der Waals surface area contributed by atoms with Gasteiger partial charge < -0.3 is 14.3 Å². The van der Waals surface area contributed by atoms with Crippen LogP contribution in [0, 0.1) is 6.92 Å². The molecule has 2 aromatic carbocycles. The Morgan fingerprint density at radius 3 is 2.05 bits per heavy atom. The van der Waals surface area contributed by atoms with Gasteiger partial charge in [-0.25, -0.2) is 8.42 Å². The molecule has 2 aromatic rings. The predicted molar refractivity (Wildman–Crippen MR) is 79.0 cm³/mol. The van der Waals surface area contributed by atoms with E-state index < -0.39 is 15.9 Å². The quantitative estimate of drug-likeness (QED) is 0.736. The van der Waals surface area contributed by atoms with Crippen LogP contribution in [0.1, 0.15) is 15.9 Å². The Kier molecular flexibility index (Phi) is 6.62. The minimum Gasteiger partial charge on any atom is -0.538 e. The molecule has 0 saturated heterocycles. The summed E-state index contributed by atoms with van der Waals surface area (Å²) in [5, 5.41) is 0. The summed E-state index contributed by atoms with van der Waals surface area (Å²) in [6.07, 6.45) is 0. The summed E-state index contributed by atoms with van der Waals surface area (Å²) < 4.78 is 32.4.